The Morgan fingerprint density at radius 1 is 1.03 bits per heavy atom. The minimum absolute atomic E-state index is 0.0151. The smallest absolute Gasteiger partial charge is 0.172 e. The van der Waals surface area contributed by atoms with Crippen LogP contribution in [0, 0.1) is 11.6 Å². The van der Waals surface area contributed by atoms with Gasteiger partial charge in [0.05, 0.1) is 18.2 Å². The second kappa shape index (κ2) is 7.37. The molecule has 0 saturated heterocycles. The number of ether oxygens (including phenoxy) is 2. The highest BCUT2D eigenvalue weighted by atomic mass is 19.2. The Labute approximate surface area is 190 Å². The van der Waals surface area contributed by atoms with E-state index in [1.54, 1.807) is 6.07 Å². The fraction of sp³-hybridized carbons (Fsp3) is 0.185. The summed E-state index contributed by atoms with van der Waals surface area (Å²) in [5, 5.41) is 13.9. The van der Waals surface area contributed by atoms with Gasteiger partial charge in [-0.05, 0) is 56.7 Å². The van der Waals surface area contributed by atoms with Gasteiger partial charge in [0.25, 0.3) is 0 Å². The molecule has 2 aliphatic rings. The van der Waals surface area contributed by atoms with Crippen LogP contribution in [0.5, 0.6) is 17.2 Å². The Bertz CT molecular complexity index is 1370. The molecule has 0 bridgehead atoms. The molecule has 3 aromatic carbocycles. The number of aromatic hydroxyl groups is 1. The van der Waals surface area contributed by atoms with Crippen molar-refractivity contribution in [1.29, 1.82) is 0 Å². The number of fused-ring (bicyclic) bond motifs is 5. The van der Waals surface area contributed by atoms with Crippen LogP contribution >= 0.6 is 0 Å². The Morgan fingerprint density at radius 3 is 2.58 bits per heavy atom. The maximum atomic E-state index is 14.6. The molecule has 2 heterocycles. The van der Waals surface area contributed by atoms with Gasteiger partial charge in [-0.3, -0.25) is 0 Å². The summed E-state index contributed by atoms with van der Waals surface area (Å²) in [7, 11) is 1.48. The molecule has 3 aromatic rings. The molecule has 5 rings (SSSR count). The highest BCUT2D eigenvalue weighted by Crippen LogP contribution is 2.54. The fourth-order valence-electron chi connectivity index (χ4n) is 4.72. The number of allylic oxidation sites excluding steroid dienone is 1. The molecule has 33 heavy (non-hydrogen) atoms. The van der Waals surface area contributed by atoms with E-state index >= 15 is 0 Å². The zero-order valence-corrected chi connectivity index (χ0v) is 18.7. The van der Waals surface area contributed by atoms with Crippen molar-refractivity contribution >= 4 is 23.1 Å². The van der Waals surface area contributed by atoms with Gasteiger partial charge in [0.15, 0.2) is 23.1 Å². The normalized spacial score (nSPS) is 16.7. The van der Waals surface area contributed by atoms with Gasteiger partial charge in [0, 0.05) is 27.9 Å². The molecule has 0 atom stereocenters. The number of anilines is 1. The fourth-order valence-corrected chi connectivity index (χ4v) is 4.72. The number of phenols is 1. The first-order valence-electron chi connectivity index (χ1n) is 10.6. The van der Waals surface area contributed by atoms with Crippen LogP contribution in [0.25, 0.3) is 28.5 Å². The van der Waals surface area contributed by atoms with E-state index in [-0.39, 0.29) is 22.6 Å². The molecule has 6 heteroatoms. The van der Waals surface area contributed by atoms with Crippen LogP contribution in [-0.2, 0) is 0 Å². The molecule has 4 nitrogen and oxygen atoms in total. The summed E-state index contributed by atoms with van der Waals surface area (Å²) < 4.78 is 40.2. The third-order valence-corrected chi connectivity index (χ3v) is 5.94. The van der Waals surface area contributed by atoms with E-state index in [1.807, 2.05) is 19.1 Å². The second-order valence-electron chi connectivity index (χ2n) is 8.83. The molecule has 168 valence electrons. The van der Waals surface area contributed by atoms with Gasteiger partial charge in [-0.15, -0.1) is 0 Å². The molecule has 0 spiro atoms. The van der Waals surface area contributed by atoms with E-state index in [0.29, 0.717) is 22.6 Å². The summed E-state index contributed by atoms with van der Waals surface area (Å²) in [6.07, 6.45) is 3.62. The van der Waals surface area contributed by atoms with Crippen molar-refractivity contribution in [3.63, 3.8) is 0 Å². The number of benzene rings is 3. The van der Waals surface area contributed by atoms with Gasteiger partial charge in [0.2, 0.25) is 0 Å². The number of hydrogen-bond donors (Lipinski definition) is 2. The highest BCUT2D eigenvalue weighted by Gasteiger charge is 2.33. The third-order valence-electron chi connectivity index (χ3n) is 5.94. The summed E-state index contributed by atoms with van der Waals surface area (Å²) >= 11 is 0. The summed E-state index contributed by atoms with van der Waals surface area (Å²) in [5.41, 5.74) is 4.71. The average Bonchev–Trinajstić information content (AvgIpc) is 2.75. The number of phenolic OH excluding ortho intramolecular Hbond substituents is 1. The van der Waals surface area contributed by atoms with Crippen LogP contribution in [0.4, 0.5) is 14.5 Å². The maximum absolute atomic E-state index is 14.6. The molecule has 0 amide bonds. The molecule has 0 aliphatic carbocycles. The van der Waals surface area contributed by atoms with Crippen LogP contribution in [0.3, 0.4) is 0 Å². The standard InChI is InChI=1S/C27H23F2NO3/c1-14-13-27(2,3)30-18-9-8-16-23(22(14)18)21(12-15-6-5-7-17(28)25(15)29)33-20-11-10-19(31)26(32-4)24(16)20/h5-13,30-31H,1-4H3/b21-12-. The Balaban J connectivity index is 1.85. The minimum atomic E-state index is -0.944. The van der Waals surface area contributed by atoms with Gasteiger partial charge in [-0.1, -0.05) is 24.3 Å². The lowest BCUT2D eigenvalue weighted by atomic mass is 9.82. The van der Waals surface area contributed by atoms with Crippen molar-refractivity contribution in [3.8, 4) is 28.4 Å². The van der Waals surface area contributed by atoms with Gasteiger partial charge in [-0.2, -0.15) is 0 Å². The van der Waals surface area contributed by atoms with Crippen molar-refractivity contribution in [2.75, 3.05) is 12.4 Å². The number of hydrogen-bond acceptors (Lipinski definition) is 4. The Morgan fingerprint density at radius 2 is 1.82 bits per heavy atom. The quantitative estimate of drug-likeness (QED) is 0.451. The molecule has 0 aromatic heterocycles. The van der Waals surface area contributed by atoms with Crippen LogP contribution in [0.1, 0.15) is 37.5 Å². The third kappa shape index (κ3) is 3.33. The molecular weight excluding hydrogens is 424 g/mol. The first kappa shape index (κ1) is 21.1. The monoisotopic (exact) mass is 447 g/mol. The lowest BCUT2D eigenvalue weighted by Gasteiger charge is -2.35. The number of nitrogens with one attached hydrogen (secondary N) is 1. The summed E-state index contributed by atoms with van der Waals surface area (Å²) in [6, 6.07) is 11.1. The van der Waals surface area contributed by atoms with Gasteiger partial charge in [-0.25, -0.2) is 8.78 Å². The van der Waals surface area contributed by atoms with Crippen molar-refractivity contribution in [2.45, 2.75) is 26.3 Å². The Hall–Kier alpha value is -3.80. The largest absolute Gasteiger partial charge is 0.504 e. The van der Waals surface area contributed by atoms with E-state index in [2.05, 4.69) is 25.2 Å². The van der Waals surface area contributed by atoms with Gasteiger partial charge >= 0.3 is 0 Å². The minimum Gasteiger partial charge on any atom is -0.504 e. The molecule has 0 radical (unpaired) electrons. The maximum Gasteiger partial charge on any atom is 0.172 e. The zero-order chi connectivity index (χ0) is 23.5. The molecule has 0 fully saturated rings. The summed E-state index contributed by atoms with van der Waals surface area (Å²) in [6.45, 7) is 6.16. The predicted octanol–water partition coefficient (Wildman–Crippen LogP) is 6.84. The van der Waals surface area contributed by atoms with Crippen LogP contribution in [-0.4, -0.2) is 17.8 Å². The van der Waals surface area contributed by atoms with Crippen molar-refractivity contribution in [1.82, 2.24) is 0 Å². The predicted molar refractivity (Wildman–Crippen MR) is 126 cm³/mol. The van der Waals surface area contributed by atoms with E-state index in [4.69, 9.17) is 9.47 Å². The van der Waals surface area contributed by atoms with Crippen molar-refractivity contribution in [3.05, 3.63) is 76.9 Å². The summed E-state index contributed by atoms with van der Waals surface area (Å²) in [5.74, 6) is -0.775. The SMILES string of the molecule is COc1c(O)ccc2c1-c1ccc3c(c1/C(=C/c1cccc(F)c1F)O2)C(C)=CC(C)(C)N3. The number of rotatable bonds is 2. The van der Waals surface area contributed by atoms with Crippen LogP contribution in [0.2, 0.25) is 0 Å². The molecule has 0 unspecified atom stereocenters. The van der Waals surface area contributed by atoms with Crippen molar-refractivity contribution in [2.24, 2.45) is 0 Å². The van der Waals surface area contributed by atoms with E-state index in [9.17, 15) is 13.9 Å². The topological polar surface area (TPSA) is 50.7 Å². The number of methoxy groups -OCH3 is 1. The zero-order valence-electron chi connectivity index (χ0n) is 18.7. The molecule has 2 aliphatic heterocycles. The average molecular weight is 447 g/mol. The first-order valence-corrected chi connectivity index (χ1v) is 10.6. The molecule has 2 N–H and O–H groups in total. The van der Waals surface area contributed by atoms with Gasteiger partial charge < -0.3 is 19.9 Å². The molecule has 0 saturated carbocycles. The Kier molecular flexibility index (Phi) is 4.71. The highest BCUT2D eigenvalue weighted by molar-refractivity contribution is 6.02. The lowest BCUT2D eigenvalue weighted by Crippen LogP contribution is -2.32. The van der Waals surface area contributed by atoms with E-state index in [1.165, 1.54) is 31.4 Å². The number of halogens is 2. The van der Waals surface area contributed by atoms with Gasteiger partial charge in [0.1, 0.15) is 11.5 Å². The van der Waals surface area contributed by atoms with Crippen molar-refractivity contribution < 1.29 is 23.4 Å². The van der Waals surface area contributed by atoms with E-state index in [0.717, 1.165) is 28.5 Å². The lowest BCUT2D eigenvalue weighted by molar-refractivity contribution is 0.371. The van der Waals surface area contributed by atoms with Crippen LogP contribution < -0.4 is 14.8 Å². The van der Waals surface area contributed by atoms with Crippen LogP contribution in [0.15, 0.2) is 48.5 Å². The second-order valence-corrected chi connectivity index (χ2v) is 8.83. The first-order chi connectivity index (χ1) is 15.7. The van der Waals surface area contributed by atoms with E-state index < -0.39 is 11.6 Å². The molecular formula is C27H23F2NO3. The summed E-state index contributed by atoms with van der Waals surface area (Å²) in [4.78, 5) is 0.